The summed E-state index contributed by atoms with van der Waals surface area (Å²) in [7, 11) is 0. The zero-order valence-electron chi connectivity index (χ0n) is 72.5. The highest BCUT2D eigenvalue weighted by Gasteiger charge is 2.21. The van der Waals surface area contributed by atoms with Gasteiger partial charge in [0, 0.05) is 135 Å². The van der Waals surface area contributed by atoms with Crippen LogP contribution in [-0.2, 0) is 0 Å². The first-order valence-corrected chi connectivity index (χ1v) is 44.0. The first-order chi connectivity index (χ1) is 66.8. The quantitative estimate of drug-likeness (QED) is 0.126. The smallest absolute Gasteiger partial charge is 0.148 e. The van der Waals surface area contributed by atoms with Crippen LogP contribution in [0.1, 0.15) is 28.1 Å². The Morgan fingerprint density at radius 1 is 0.200 bits per heavy atom. The van der Waals surface area contributed by atoms with Crippen molar-refractivity contribution >= 4 is 109 Å². The normalized spacial score (nSPS) is 10.9. The predicted molar refractivity (Wildman–Crippen MR) is 544 cm³/mol. The fourth-order valence-electron chi connectivity index (χ4n) is 18.4. The van der Waals surface area contributed by atoms with E-state index in [4.69, 9.17) is 15.8 Å². The number of pyridine rings is 5. The van der Waals surface area contributed by atoms with E-state index < -0.39 is 0 Å². The largest absolute Gasteiger partial charge is 0.309 e. The summed E-state index contributed by atoms with van der Waals surface area (Å²) in [5.74, 6) is 0. The van der Waals surface area contributed by atoms with Crippen LogP contribution in [0.5, 0.6) is 0 Å². The van der Waals surface area contributed by atoms with Crippen molar-refractivity contribution in [3.8, 4) is 115 Å². The van der Waals surface area contributed by atoms with E-state index in [1.807, 2.05) is 97.1 Å². The summed E-state index contributed by atoms with van der Waals surface area (Å²) in [5, 5.41) is 58.5. The summed E-state index contributed by atoms with van der Waals surface area (Å²) in [4.78, 5) is 22.0. The number of aromatic nitrogens is 10. The minimum Gasteiger partial charge on any atom is -0.309 e. The lowest BCUT2D eigenvalue weighted by molar-refractivity contribution is 1.18. The Morgan fingerprint density at radius 3 is 0.896 bits per heavy atom. The van der Waals surface area contributed by atoms with Crippen molar-refractivity contribution in [3.05, 3.63) is 484 Å². The van der Waals surface area contributed by atoms with Crippen LogP contribution in [-0.4, -0.2) is 47.8 Å². The zero-order valence-corrected chi connectivity index (χ0v) is 72.5. The molecule has 10 heterocycles. The van der Waals surface area contributed by atoms with Crippen LogP contribution in [0.3, 0.4) is 0 Å². The number of nitrogens with zero attached hydrogens (tertiary/aromatic N) is 15. The second-order valence-corrected chi connectivity index (χ2v) is 32.2. The maximum absolute atomic E-state index is 9.42. The fourth-order valence-corrected chi connectivity index (χ4v) is 18.4. The van der Waals surface area contributed by atoms with Crippen molar-refractivity contribution in [2.45, 2.75) is 0 Å². The van der Waals surface area contributed by atoms with Gasteiger partial charge in [-0.05, 0) is 188 Å². The third-order valence-electron chi connectivity index (χ3n) is 24.4. The van der Waals surface area contributed by atoms with E-state index in [9.17, 15) is 10.5 Å². The van der Waals surface area contributed by atoms with Gasteiger partial charge in [0.1, 0.15) is 35.7 Å². The molecule has 15 nitrogen and oxygen atoms in total. The standard InChI is InChI=1S/5C24H15N3/c25-16-18-8-6-12-22(26-18)17-7-5-9-19(15-17)27-23-13-3-1-10-20(23)21-11-2-4-14-24(21)27;25-16-18-8-6-14-26-24(18)17-7-5-9-19(15-17)27-22-12-3-1-10-20(22)21-11-2-4-13-23(21)27;25-16-22-19(11-6-14-26-22)17-7-5-8-18(15-17)27-23-12-3-1-9-20(23)21-10-2-4-13-24(21)27;25-15-17-12-13-22(26-16-17)18-6-5-7-19(14-18)27-23-10-3-1-8-20(23)21-9-2-4-11-24(21)27;25-16-17-12-13-26-22(14-17)18-6-5-7-19(15-18)27-23-10-3-1-8-20(23)21-9-2-4-11-24(21)27/h3*1-15H;1-14,16H;1-15H. The molecule has 135 heavy (non-hydrogen) atoms. The van der Waals surface area contributed by atoms with Crippen molar-refractivity contribution in [2.75, 3.05) is 0 Å². The lowest BCUT2D eigenvalue weighted by Crippen LogP contribution is -1.95. The monoisotopic (exact) mass is 1730 g/mol. The van der Waals surface area contributed by atoms with Gasteiger partial charge in [-0.15, -0.1) is 0 Å². The maximum atomic E-state index is 9.42. The fraction of sp³-hybridized carbons (Fsp3) is 0. The summed E-state index contributed by atoms with van der Waals surface area (Å²) >= 11 is 0. The van der Waals surface area contributed by atoms with Crippen molar-refractivity contribution in [1.82, 2.24) is 47.8 Å². The van der Waals surface area contributed by atoms with E-state index in [0.717, 1.165) is 89.9 Å². The van der Waals surface area contributed by atoms with Gasteiger partial charge in [-0.2, -0.15) is 26.3 Å². The van der Waals surface area contributed by atoms with Gasteiger partial charge >= 0.3 is 0 Å². The molecule has 0 fully saturated rings. The molecule has 0 saturated carbocycles. The molecule has 0 amide bonds. The maximum Gasteiger partial charge on any atom is 0.148 e. The van der Waals surface area contributed by atoms with Crippen molar-refractivity contribution in [1.29, 1.82) is 26.3 Å². The molecule has 10 aromatic heterocycles. The highest BCUT2D eigenvalue weighted by atomic mass is 15.0. The number of rotatable bonds is 10. The molecule has 15 heteroatoms. The topological polar surface area (TPSA) is 208 Å². The first kappa shape index (κ1) is 82.5. The summed E-state index contributed by atoms with van der Waals surface area (Å²) < 4.78 is 11.4. The molecule has 25 aromatic rings. The van der Waals surface area contributed by atoms with Gasteiger partial charge in [0.05, 0.1) is 101 Å². The second-order valence-electron chi connectivity index (χ2n) is 32.2. The number of hydrogen-bond acceptors (Lipinski definition) is 10. The van der Waals surface area contributed by atoms with Gasteiger partial charge < -0.3 is 22.8 Å². The summed E-state index contributed by atoms with van der Waals surface area (Å²) in [5.41, 5.74) is 28.7. The van der Waals surface area contributed by atoms with Gasteiger partial charge in [0.25, 0.3) is 0 Å². The van der Waals surface area contributed by atoms with E-state index in [1.54, 1.807) is 55.1 Å². The summed E-state index contributed by atoms with van der Waals surface area (Å²) in [6.07, 6.45) is 6.67. The van der Waals surface area contributed by atoms with E-state index in [1.165, 1.54) is 98.0 Å². The Hall–Kier alpha value is -19.5. The molecule has 630 valence electrons. The van der Waals surface area contributed by atoms with Crippen LogP contribution in [0.15, 0.2) is 455 Å². The van der Waals surface area contributed by atoms with Crippen LogP contribution >= 0.6 is 0 Å². The molecule has 0 unspecified atom stereocenters. The molecule has 0 radical (unpaired) electrons. The van der Waals surface area contributed by atoms with Gasteiger partial charge in [0.15, 0.2) is 0 Å². The van der Waals surface area contributed by atoms with Crippen LogP contribution in [0.2, 0.25) is 0 Å². The number of nitriles is 5. The summed E-state index contributed by atoms with van der Waals surface area (Å²) in [6.45, 7) is 0. The van der Waals surface area contributed by atoms with Crippen LogP contribution < -0.4 is 0 Å². The molecule has 0 aliphatic rings. The van der Waals surface area contributed by atoms with E-state index >= 15 is 0 Å². The number of fused-ring (bicyclic) bond motifs is 15. The number of benzene rings is 15. The van der Waals surface area contributed by atoms with Crippen molar-refractivity contribution in [2.24, 2.45) is 0 Å². The van der Waals surface area contributed by atoms with Gasteiger partial charge in [-0.3, -0.25) is 15.0 Å². The Morgan fingerprint density at radius 2 is 0.533 bits per heavy atom. The van der Waals surface area contributed by atoms with Gasteiger partial charge in [-0.25, -0.2) is 9.97 Å². The van der Waals surface area contributed by atoms with Crippen LogP contribution in [0.4, 0.5) is 0 Å². The van der Waals surface area contributed by atoms with Crippen molar-refractivity contribution in [3.63, 3.8) is 0 Å². The molecule has 0 bridgehead atoms. The average Bonchev–Trinajstić information content (AvgIpc) is 1.62. The Bertz CT molecular complexity index is 8440. The minimum atomic E-state index is 0.426. The molecule has 25 rings (SSSR count). The van der Waals surface area contributed by atoms with E-state index in [-0.39, 0.29) is 0 Å². The third kappa shape index (κ3) is 15.8. The van der Waals surface area contributed by atoms with E-state index in [2.05, 4.69) is 381 Å². The molecule has 0 spiro atoms. The van der Waals surface area contributed by atoms with Crippen molar-refractivity contribution < 1.29 is 0 Å². The highest BCUT2D eigenvalue weighted by Crippen LogP contribution is 2.41. The molecule has 0 aliphatic carbocycles. The van der Waals surface area contributed by atoms with E-state index in [0.29, 0.717) is 33.8 Å². The van der Waals surface area contributed by atoms with Gasteiger partial charge in [0.2, 0.25) is 0 Å². The Labute approximate surface area is 776 Å². The number of para-hydroxylation sites is 10. The van der Waals surface area contributed by atoms with Gasteiger partial charge in [-0.1, -0.05) is 249 Å². The highest BCUT2D eigenvalue weighted by molar-refractivity contribution is 6.13. The SMILES string of the molecule is N#Cc1ccc(-c2cccc(-n3c4ccccc4c4ccccc43)c2)nc1.N#Cc1cccc(-c2cccc(-n3c4ccccc4c4ccccc43)c2)n1.N#Cc1cccnc1-c1cccc(-n2c3ccccc3c3ccccc32)c1.N#Cc1ccnc(-c2cccc(-n3c4ccccc4c4ccccc43)c2)c1.N#Cc1ncccc1-c1cccc(-n2c3ccccc3c3ccccc32)c1. The average molecular weight is 1730 g/mol. The molecule has 0 atom stereocenters. The first-order valence-electron chi connectivity index (χ1n) is 44.0. The molecular formula is C120H75N15. The summed E-state index contributed by atoms with van der Waals surface area (Å²) in [6, 6.07) is 157. The zero-order chi connectivity index (χ0) is 91.1. The molecule has 0 aliphatic heterocycles. The number of hydrogen-bond donors (Lipinski definition) is 0. The van der Waals surface area contributed by atoms with Crippen LogP contribution in [0.25, 0.3) is 194 Å². The lowest BCUT2D eigenvalue weighted by atomic mass is 10.0. The minimum absolute atomic E-state index is 0.426. The lowest BCUT2D eigenvalue weighted by Gasteiger charge is -2.10. The molecule has 0 N–H and O–H groups in total. The molecule has 15 aromatic carbocycles. The predicted octanol–water partition coefficient (Wildman–Crippen LogP) is 28.6. The van der Waals surface area contributed by atoms with Crippen LogP contribution in [0, 0.1) is 56.7 Å². The molecule has 0 saturated heterocycles. The Kier molecular flexibility index (Phi) is 22.4. The third-order valence-corrected chi connectivity index (χ3v) is 24.4. The Balaban J connectivity index is 0.000000101. The molecular weight excluding hydrogens is 1650 g/mol. The second kappa shape index (κ2) is 36.7.